The normalized spacial score (nSPS) is 22.4. The van der Waals surface area contributed by atoms with Gasteiger partial charge >= 0.3 is 6.18 Å². The third-order valence-electron chi connectivity index (χ3n) is 6.21. The molecule has 0 radical (unpaired) electrons. The number of benzene rings is 1. The Morgan fingerprint density at radius 2 is 2.06 bits per heavy atom. The zero-order chi connectivity index (χ0) is 22.5. The number of nitrogens with zero attached hydrogens (tertiary/aromatic N) is 2. The molecule has 2 saturated heterocycles. The number of alkyl halides is 3. The first kappa shape index (κ1) is 23.7. The predicted molar refractivity (Wildman–Crippen MR) is 115 cm³/mol. The van der Waals surface area contributed by atoms with E-state index in [1.54, 1.807) is 14.2 Å². The summed E-state index contributed by atoms with van der Waals surface area (Å²) in [5.41, 5.74) is 2.14. The SMILES string of the molecule is CN=C(NCC1(c2cc(C)ccc2OC)CCOCC1)NC1CCN(CC(F)(F)F)C1. The lowest BCUT2D eigenvalue weighted by Gasteiger charge is -2.39. The molecular formula is C22H33F3N4O2. The van der Waals surface area contributed by atoms with Crippen molar-refractivity contribution in [3.8, 4) is 5.75 Å². The number of aryl methyl sites for hydroxylation is 1. The monoisotopic (exact) mass is 442 g/mol. The van der Waals surface area contributed by atoms with Gasteiger partial charge in [-0.15, -0.1) is 0 Å². The van der Waals surface area contributed by atoms with Gasteiger partial charge in [-0.1, -0.05) is 17.7 Å². The lowest BCUT2D eigenvalue weighted by molar-refractivity contribution is -0.143. The Balaban J connectivity index is 1.67. The van der Waals surface area contributed by atoms with Crippen LogP contribution in [-0.4, -0.2) is 76.6 Å². The van der Waals surface area contributed by atoms with Gasteiger partial charge < -0.3 is 20.1 Å². The summed E-state index contributed by atoms with van der Waals surface area (Å²) >= 11 is 0. The van der Waals surface area contributed by atoms with Crippen molar-refractivity contribution in [1.29, 1.82) is 0 Å². The minimum atomic E-state index is -4.17. The molecule has 3 rings (SSSR count). The van der Waals surface area contributed by atoms with Crippen LogP contribution in [0.4, 0.5) is 13.2 Å². The van der Waals surface area contributed by atoms with E-state index in [-0.39, 0.29) is 11.5 Å². The van der Waals surface area contributed by atoms with Crippen LogP contribution in [0.25, 0.3) is 0 Å². The van der Waals surface area contributed by atoms with Gasteiger partial charge in [0.25, 0.3) is 0 Å². The molecule has 1 unspecified atom stereocenters. The predicted octanol–water partition coefficient (Wildman–Crippen LogP) is 2.85. The Morgan fingerprint density at radius 3 is 2.71 bits per heavy atom. The molecule has 1 atom stereocenters. The zero-order valence-corrected chi connectivity index (χ0v) is 18.5. The smallest absolute Gasteiger partial charge is 0.401 e. The van der Waals surface area contributed by atoms with Crippen molar-refractivity contribution in [3.63, 3.8) is 0 Å². The van der Waals surface area contributed by atoms with E-state index in [0.717, 1.165) is 24.2 Å². The number of halogens is 3. The Labute approximate surface area is 182 Å². The number of guanidine groups is 1. The second kappa shape index (κ2) is 10.1. The summed E-state index contributed by atoms with van der Waals surface area (Å²) in [5, 5.41) is 6.72. The van der Waals surface area contributed by atoms with Crippen molar-refractivity contribution in [1.82, 2.24) is 15.5 Å². The van der Waals surface area contributed by atoms with Crippen molar-refractivity contribution in [2.75, 3.05) is 53.6 Å². The fourth-order valence-corrected chi connectivity index (χ4v) is 4.53. The van der Waals surface area contributed by atoms with Crippen molar-refractivity contribution >= 4 is 5.96 Å². The van der Waals surface area contributed by atoms with Crippen LogP contribution >= 0.6 is 0 Å². The molecule has 0 amide bonds. The first-order valence-electron chi connectivity index (χ1n) is 10.7. The van der Waals surface area contributed by atoms with E-state index in [4.69, 9.17) is 9.47 Å². The fraction of sp³-hybridized carbons (Fsp3) is 0.682. The molecule has 2 N–H and O–H groups in total. The van der Waals surface area contributed by atoms with Gasteiger partial charge in [0, 0.05) is 56.9 Å². The van der Waals surface area contributed by atoms with Gasteiger partial charge in [-0.2, -0.15) is 13.2 Å². The van der Waals surface area contributed by atoms with Gasteiger partial charge in [0.15, 0.2) is 5.96 Å². The van der Waals surface area contributed by atoms with Crippen LogP contribution in [0.15, 0.2) is 23.2 Å². The number of nitrogens with one attached hydrogen (secondary N) is 2. The van der Waals surface area contributed by atoms with Crippen LogP contribution in [-0.2, 0) is 10.2 Å². The quantitative estimate of drug-likeness (QED) is 0.524. The number of methoxy groups -OCH3 is 1. The van der Waals surface area contributed by atoms with E-state index >= 15 is 0 Å². The molecule has 0 aromatic heterocycles. The Kier molecular flexibility index (Phi) is 7.69. The highest BCUT2D eigenvalue weighted by molar-refractivity contribution is 5.80. The minimum absolute atomic E-state index is 0.0623. The summed E-state index contributed by atoms with van der Waals surface area (Å²) in [5.74, 6) is 1.46. The molecular weight excluding hydrogens is 409 g/mol. The summed E-state index contributed by atoms with van der Waals surface area (Å²) in [4.78, 5) is 5.74. The number of hydrogen-bond donors (Lipinski definition) is 2. The summed E-state index contributed by atoms with van der Waals surface area (Å²) in [7, 11) is 3.36. The minimum Gasteiger partial charge on any atom is -0.496 e. The largest absolute Gasteiger partial charge is 0.496 e. The highest BCUT2D eigenvalue weighted by atomic mass is 19.4. The molecule has 0 aliphatic carbocycles. The number of ether oxygens (including phenoxy) is 2. The van der Waals surface area contributed by atoms with E-state index in [1.165, 1.54) is 10.5 Å². The van der Waals surface area contributed by atoms with E-state index < -0.39 is 12.7 Å². The molecule has 31 heavy (non-hydrogen) atoms. The maximum absolute atomic E-state index is 12.7. The Morgan fingerprint density at radius 1 is 1.32 bits per heavy atom. The van der Waals surface area contributed by atoms with Crippen molar-refractivity contribution < 1.29 is 22.6 Å². The molecule has 1 aromatic rings. The van der Waals surface area contributed by atoms with Gasteiger partial charge in [0.05, 0.1) is 13.7 Å². The number of rotatable bonds is 6. The van der Waals surface area contributed by atoms with Crippen molar-refractivity contribution in [2.24, 2.45) is 4.99 Å². The van der Waals surface area contributed by atoms with Crippen molar-refractivity contribution in [2.45, 2.75) is 43.8 Å². The average molecular weight is 443 g/mol. The van der Waals surface area contributed by atoms with E-state index in [0.29, 0.717) is 45.2 Å². The highest BCUT2D eigenvalue weighted by Gasteiger charge is 2.38. The van der Waals surface area contributed by atoms with Crippen LogP contribution in [0.1, 0.15) is 30.4 Å². The third-order valence-corrected chi connectivity index (χ3v) is 6.21. The molecule has 6 nitrogen and oxygen atoms in total. The van der Waals surface area contributed by atoms with Crippen LogP contribution in [0.3, 0.4) is 0 Å². The molecule has 0 saturated carbocycles. The number of likely N-dealkylation sites (tertiary alicyclic amines) is 1. The van der Waals surface area contributed by atoms with Crippen LogP contribution in [0, 0.1) is 6.92 Å². The average Bonchev–Trinajstić information content (AvgIpc) is 3.16. The Hall–Kier alpha value is -2.00. The molecule has 2 heterocycles. The molecule has 1 aromatic carbocycles. The molecule has 2 aliphatic heterocycles. The molecule has 9 heteroatoms. The van der Waals surface area contributed by atoms with E-state index in [1.807, 2.05) is 12.1 Å². The van der Waals surface area contributed by atoms with Gasteiger partial charge in [0.2, 0.25) is 0 Å². The van der Waals surface area contributed by atoms with Crippen LogP contribution in [0.2, 0.25) is 0 Å². The fourth-order valence-electron chi connectivity index (χ4n) is 4.53. The molecule has 2 aliphatic rings. The van der Waals surface area contributed by atoms with E-state index in [9.17, 15) is 13.2 Å². The zero-order valence-electron chi connectivity index (χ0n) is 18.5. The molecule has 2 fully saturated rings. The second-order valence-corrected chi connectivity index (χ2v) is 8.50. The Bertz CT molecular complexity index is 764. The van der Waals surface area contributed by atoms with Gasteiger partial charge in [-0.3, -0.25) is 9.89 Å². The molecule has 0 bridgehead atoms. The second-order valence-electron chi connectivity index (χ2n) is 8.50. The summed E-state index contributed by atoms with van der Waals surface area (Å²) in [6.45, 7) is 3.94. The number of hydrogen-bond acceptors (Lipinski definition) is 4. The molecule has 174 valence electrons. The summed E-state index contributed by atoms with van der Waals surface area (Å²) in [6, 6.07) is 6.15. The third kappa shape index (κ3) is 6.26. The van der Waals surface area contributed by atoms with E-state index in [2.05, 4.69) is 28.6 Å². The van der Waals surface area contributed by atoms with Gasteiger partial charge in [-0.05, 0) is 32.3 Å². The van der Waals surface area contributed by atoms with Crippen LogP contribution in [0.5, 0.6) is 5.75 Å². The first-order chi connectivity index (χ1) is 14.7. The van der Waals surface area contributed by atoms with Crippen molar-refractivity contribution in [3.05, 3.63) is 29.3 Å². The standard InChI is InChI=1S/C22H33F3N4O2/c1-16-4-5-19(30-3)18(12-16)21(7-10-31-11-8-21)14-27-20(26-2)28-17-6-9-29(13-17)15-22(23,24)25/h4-5,12,17H,6-11,13-15H2,1-3H3,(H2,26,27,28). The summed E-state index contributed by atoms with van der Waals surface area (Å²) < 4.78 is 49.3. The topological polar surface area (TPSA) is 58.1 Å². The lowest BCUT2D eigenvalue weighted by atomic mass is 9.73. The maximum Gasteiger partial charge on any atom is 0.401 e. The lowest BCUT2D eigenvalue weighted by Crippen LogP contribution is -2.50. The van der Waals surface area contributed by atoms with Gasteiger partial charge in [-0.25, -0.2) is 0 Å². The van der Waals surface area contributed by atoms with Gasteiger partial charge in [0.1, 0.15) is 5.75 Å². The first-order valence-corrected chi connectivity index (χ1v) is 10.7. The summed E-state index contributed by atoms with van der Waals surface area (Å²) in [6.07, 6.45) is -1.82. The molecule has 0 spiro atoms. The maximum atomic E-state index is 12.7. The van der Waals surface area contributed by atoms with Crippen LogP contribution < -0.4 is 15.4 Å². The highest BCUT2D eigenvalue weighted by Crippen LogP contribution is 2.40. The number of aliphatic imine (C=N–C) groups is 1.